The van der Waals surface area contributed by atoms with Crippen LogP contribution in [0.4, 0.5) is 13.2 Å². The third-order valence-electron chi connectivity index (χ3n) is 3.60. The van der Waals surface area contributed by atoms with E-state index in [9.17, 15) is 18.0 Å². The number of thioether (sulfide) groups is 1. The van der Waals surface area contributed by atoms with E-state index < -0.39 is 11.7 Å². The van der Waals surface area contributed by atoms with Crippen LogP contribution < -0.4 is 5.32 Å². The molecule has 0 unspecified atom stereocenters. The number of nitrogens with one attached hydrogen (secondary N) is 1. The van der Waals surface area contributed by atoms with Crippen LogP contribution in [-0.4, -0.2) is 36.2 Å². The standard InChI is InChI=1S/C15H19F3N2OS/c1-10-13(21)20(9-3-8-19-2)14(22-10)11-4-6-12(7-5-11)15(16,17)18/h4-7,10,14,19H,3,8-9H2,1-2H3/t10-,14-/m1/s1. The molecule has 1 aliphatic rings. The Morgan fingerprint density at radius 3 is 2.45 bits per heavy atom. The van der Waals surface area contributed by atoms with Crippen LogP contribution in [0, 0.1) is 0 Å². The molecule has 1 aliphatic heterocycles. The monoisotopic (exact) mass is 332 g/mol. The summed E-state index contributed by atoms with van der Waals surface area (Å²) in [6.07, 6.45) is -3.52. The van der Waals surface area contributed by atoms with Gasteiger partial charge in [-0.25, -0.2) is 0 Å². The van der Waals surface area contributed by atoms with Crippen molar-refractivity contribution in [3.8, 4) is 0 Å². The Morgan fingerprint density at radius 2 is 1.91 bits per heavy atom. The maximum Gasteiger partial charge on any atom is 0.416 e. The van der Waals surface area contributed by atoms with Gasteiger partial charge in [0, 0.05) is 6.54 Å². The number of hydrogen-bond donors (Lipinski definition) is 1. The molecule has 7 heteroatoms. The second-order valence-electron chi connectivity index (χ2n) is 5.24. The van der Waals surface area contributed by atoms with E-state index in [1.54, 1.807) is 4.90 Å². The van der Waals surface area contributed by atoms with Gasteiger partial charge in [-0.3, -0.25) is 4.79 Å². The molecule has 0 aromatic heterocycles. The van der Waals surface area contributed by atoms with Gasteiger partial charge in [0.15, 0.2) is 0 Å². The van der Waals surface area contributed by atoms with Gasteiger partial charge in [-0.2, -0.15) is 13.2 Å². The SMILES string of the molecule is CNCCCN1C(=O)[C@@H](C)S[C@@H]1c1ccc(C(F)(F)F)cc1. The number of amides is 1. The fourth-order valence-corrected chi connectivity index (χ4v) is 3.73. The number of hydrogen-bond acceptors (Lipinski definition) is 3. The maximum absolute atomic E-state index is 12.6. The highest BCUT2D eigenvalue weighted by atomic mass is 32.2. The Morgan fingerprint density at radius 1 is 1.27 bits per heavy atom. The second-order valence-corrected chi connectivity index (χ2v) is 6.66. The van der Waals surface area contributed by atoms with Gasteiger partial charge in [-0.05, 0) is 44.6 Å². The minimum atomic E-state index is -4.34. The molecule has 0 bridgehead atoms. The molecular formula is C15H19F3N2OS. The smallest absolute Gasteiger partial charge is 0.326 e. The number of nitrogens with zero attached hydrogens (tertiary/aromatic N) is 1. The van der Waals surface area contributed by atoms with Crippen molar-refractivity contribution in [3.05, 3.63) is 35.4 Å². The van der Waals surface area contributed by atoms with Gasteiger partial charge in [0.1, 0.15) is 5.37 Å². The highest BCUT2D eigenvalue weighted by Gasteiger charge is 2.38. The molecule has 3 nitrogen and oxygen atoms in total. The van der Waals surface area contributed by atoms with Gasteiger partial charge < -0.3 is 10.2 Å². The first-order valence-electron chi connectivity index (χ1n) is 7.12. The molecule has 0 radical (unpaired) electrons. The van der Waals surface area contributed by atoms with Crippen molar-refractivity contribution < 1.29 is 18.0 Å². The van der Waals surface area contributed by atoms with Crippen LogP contribution in [0.2, 0.25) is 0 Å². The van der Waals surface area contributed by atoms with Crippen LogP contribution in [-0.2, 0) is 11.0 Å². The van der Waals surface area contributed by atoms with Crippen LogP contribution in [0.3, 0.4) is 0 Å². The Bertz CT molecular complexity index is 519. The largest absolute Gasteiger partial charge is 0.416 e. The van der Waals surface area contributed by atoms with Crippen molar-refractivity contribution >= 4 is 17.7 Å². The molecule has 0 spiro atoms. The van der Waals surface area contributed by atoms with E-state index in [1.165, 1.54) is 23.9 Å². The van der Waals surface area contributed by atoms with E-state index in [2.05, 4.69) is 5.32 Å². The van der Waals surface area contributed by atoms with Crippen molar-refractivity contribution in [3.63, 3.8) is 0 Å². The van der Waals surface area contributed by atoms with Gasteiger partial charge in [-0.15, -0.1) is 11.8 Å². The quantitative estimate of drug-likeness (QED) is 0.840. The summed E-state index contributed by atoms with van der Waals surface area (Å²) in [5.41, 5.74) is 0.0699. The third kappa shape index (κ3) is 3.76. The summed E-state index contributed by atoms with van der Waals surface area (Å²) in [5.74, 6) is 0.0472. The highest BCUT2D eigenvalue weighted by molar-refractivity contribution is 8.01. The van der Waals surface area contributed by atoms with E-state index in [0.717, 1.165) is 30.7 Å². The zero-order chi connectivity index (χ0) is 16.3. The van der Waals surface area contributed by atoms with Crippen molar-refractivity contribution in [2.75, 3.05) is 20.1 Å². The first kappa shape index (κ1) is 17.1. The maximum atomic E-state index is 12.6. The normalized spacial score (nSPS) is 22.4. The Labute approximate surface area is 132 Å². The molecule has 1 fully saturated rings. The highest BCUT2D eigenvalue weighted by Crippen LogP contribution is 2.43. The molecule has 1 aromatic carbocycles. The number of carbonyl (C=O) groups excluding carboxylic acids is 1. The summed E-state index contributed by atoms with van der Waals surface area (Å²) < 4.78 is 37.9. The average molecular weight is 332 g/mol. The van der Waals surface area contributed by atoms with Crippen molar-refractivity contribution in [1.82, 2.24) is 10.2 Å². The lowest BCUT2D eigenvalue weighted by Crippen LogP contribution is -2.32. The predicted octanol–water partition coefficient (Wildman–Crippen LogP) is 3.28. The minimum Gasteiger partial charge on any atom is -0.326 e. The van der Waals surface area contributed by atoms with E-state index in [1.807, 2.05) is 14.0 Å². The van der Waals surface area contributed by atoms with Crippen LogP contribution in [0.5, 0.6) is 0 Å². The lowest BCUT2D eigenvalue weighted by Gasteiger charge is -2.24. The lowest BCUT2D eigenvalue weighted by molar-refractivity contribution is -0.137. The summed E-state index contributed by atoms with van der Waals surface area (Å²) in [4.78, 5) is 14.0. The third-order valence-corrected chi connectivity index (χ3v) is 4.99. The number of halogens is 3. The van der Waals surface area contributed by atoms with Crippen LogP contribution >= 0.6 is 11.8 Å². The molecule has 22 heavy (non-hydrogen) atoms. The molecule has 0 saturated carbocycles. The Hall–Kier alpha value is -1.21. The zero-order valence-corrected chi connectivity index (χ0v) is 13.3. The number of rotatable bonds is 5. The first-order valence-corrected chi connectivity index (χ1v) is 8.06. The minimum absolute atomic E-state index is 0.0472. The zero-order valence-electron chi connectivity index (χ0n) is 12.5. The molecule has 1 saturated heterocycles. The average Bonchev–Trinajstić information content (AvgIpc) is 2.75. The summed E-state index contributed by atoms with van der Waals surface area (Å²) >= 11 is 1.48. The summed E-state index contributed by atoms with van der Waals surface area (Å²) in [5, 5.41) is 2.65. The van der Waals surface area contributed by atoms with E-state index >= 15 is 0 Å². The molecule has 2 rings (SSSR count). The first-order chi connectivity index (χ1) is 10.3. The fraction of sp³-hybridized carbons (Fsp3) is 0.533. The lowest BCUT2D eigenvalue weighted by atomic mass is 10.1. The number of alkyl halides is 3. The molecule has 2 atom stereocenters. The van der Waals surface area contributed by atoms with Gasteiger partial charge >= 0.3 is 6.18 Å². The molecule has 0 aliphatic carbocycles. The van der Waals surface area contributed by atoms with E-state index in [-0.39, 0.29) is 16.5 Å². The van der Waals surface area contributed by atoms with Gasteiger partial charge in [0.2, 0.25) is 5.91 Å². The van der Waals surface area contributed by atoms with Crippen LogP contribution in [0.25, 0.3) is 0 Å². The van der Waals surface area contributed by atoms with Crippen LogP contribution in [0.15, 0.2) is 24.3 Å². The van der Waals surface area contributed by atoms with Gasteiger partial charge in [0.25, 0.3) is 0 Å². The molecule has 1 N–H and O–H groups in total. The molecular weight excluding hydrogens is 313 g/mol. The van der Waals surface area contributed by atoms with Gasteiger partial charge in [-0.1, -0.05) is 12.1 Å². The fourth-order valence-electron chi connectivity index (χ4n) is 2.42. The van der Waals surface area contributed by atoms with E-state index in [4.69, 9.17) is 0 Å². The summed E-state index contributed by atoms with van der Waals surface area (Å²) in [6.45, 7) is 3.23. The topological polar surface area (TPSA) is 32.3 Å². The number of carbonyl (C=O) groups is 1. The van der Waals surface area contributed by atoms with Crippen molar-refractivity contribution in [2.45, 2.75) is 30.1 Å². The Kier molecular flexibility index (Phi) is 5.39. The van der Waals surface area contributed by atoms with Gasteiger partial charge in [0.05, 0.1) is 10.8 Å². The molecule has 1 amide bonds. The second kappa shape index (κ2) is 6.91. The molecule has 122 valence electrons. The summed E-state index contributed by atoms with van der Waals surface area (Å²) in [6, 6.07) is 5.10. The molecule has 1 aromatic rings. The summed E-state index contributed by atoms with van der Waals surface area (Å²) in [7, 11) is 1.84. The van der Waals surface area contributed by atoms with Crippen LogP contribution in [0.1, 0.15) is 29.8 Å². The Balaban J connectivity index is 2.16. The molecule has 1 heterocycles. The predicted molar refractivity (Wildman–Crippen MR) is 81.5 cm³/mol. The number of benzene rings is 1. The van der Waals surface area contributed by atoms with E-state index in [0.29, 0.717) is 6.54 Å². The van der Waals surface area contributed by atoms with Crippen molar-refractivity contribution in [2.24, 2.45) is 0 Å². The van der Waals surface area contributed by atoms with Crippen molar-refractivity contribution in [1.29, 1.82) is 0 Å².